The number of imide groups is 1. The van der Waals surface area contributed by atoms with E-state index in [-0.39, 0.29) is 6.61 Å². The Labute approximate surface area is 174 Å². The molecule has 2 aliphatic rings. The maximum absolute atomic E-state index is 13.2. The van der Waals surface area contributed by atoms with Crippen LogP contribution in [-0.4, -0.2) is 59.8 Å². The van der Waals surface area contributed by atoms with Crippen molar-refractivity contribution in [2.24, 2.45) is 0 Å². The molecule has 8 heteroatoms. The molecule has 0 bridgehead atoms. The Balaban J connectivity index is 1.78. The van der Waals surface area contributed by atoms with Crippen LogP contribution in [0.15, 0.2) is 54.3 Å². The van der Waals surface area contributed by atoms with Crippen molar-refractivity contribution in [2.45, 2.75) is 44.1 Å². The van der Waals surface area contributed by atoms with Gasteiger partial charge in [-0.1, -0.05) is 30.3 Å². The van der Waals surface area contributed by atoms with Gasteiger partial charge in [-0.3, -0.25) is 9.59 Å². The Morgan fingerprint density at radius 2 is 1.97 bits per heavy atom. The van der Waals surface area contributed by atoms with Crippen molar-refractivity contribution in [3.05, 3.63) is 59.9 Å². The highest BCUT2D eigenvalue weighted by molar-refractivity contribution is 6.03. The molecule has 160 valence electrons. The second kappa shape index (κ2) is 9.69. The minimum Gasteiger partial charge on any atom is -0.479 e. The van der Waals surface area contributed by atoms with Gasteiger partial charge in [0.15, 0.2) is 18.0 Å². The van der Waals surface area contributed by atoms with E-state index in [1.165, 1.54) is 19.3 Å². The number of amides is 2. The molecule has 1 fully saturated rings. The lowest BCUT2D eigenvalue weighted by Gasteiger charge is -2.30. The monoisotopic (exact) mass is 415 g/mol. The standard InChI is InChI=1S/C22H25NO7/c1-14-18(15-8-4-3-5-9-15)30-22(27)23(14)21(26)20(28-2)19-17(25)12-11-16(29-19)10-6-7-13-24/h3-5,8-12,14,18-20,24H,6-7,13H2,1-2H3/t14-,18-,19+,20-/m1/s1. The molecule has 1 saturated heterocycles. The molecule has 3 rings (SSSR count). The molecule has 2 heterocycles. The molecule has 0 aliphatic carbocycles. The first-order valence-electron chi connectivity index (χ1n) is 9.79. The summed E-state index contributed by atoms with van der Waals surface area (Å²) in [5.41, 5.74) is 0.768. The van der Waals surface area contributed by atoms with Gasteiger partial charge in [-0.15, -0.1) is 0 Å². The molecule has 0 aromatic heterocycles. The maximum atomic E-state index is 13.2. The second-order valence-corrected chi connectivity index (χ2v) is 7.07. The number of aliphatic hydroxyl groups is 1. The molecule has 0 spiro atoms. The number of rotatable bonds is 7. The molecule has 1 aromatic rings. The van der Waals surface area contributed by atoms with Crippen LogP contribution in [0, 0.1) is 0 Å². The summed E-state index contributed by atoms with van der Waals surface area (Å²) in [4.78, 5) is 39.0. The van der Waals surface area contributed by atoms with Gasteiger partial charge in [0, 0.05) is 13.7 Å². The number of nitrogens with zero attached hydrogens (tertiary/aromatic N) is 1. The molecule has 8 nitrogen and oxygen atoms in total. The van der Waals surface area contributed by atoms with Crippen LogP contribution in [-0.2, 0) is 23.8 Å². The largest absolute Gasteiger partial charge is 0.479 e. The van der Waals surface area contributed by atoms with Crippen LogP contribution >= 0.6 is 0 Å². The van der Waals surface area contributed by atoms with Crippen LogP contribution in [0.25, 0.3) is 0 Å². The Bertz CT molecular complexity index is 848. The van der Waals surface area contributed by atoms with Crippen molar-refractivity contribution in [1.29, 1.82) is 0 Å². The zero-order valence-electron chi connectivity index (χ0n) is 16.9. The lowest BCUT2D eigenvalue weighted by molar-refractivity contribution is -0.153. The van der Waals surface area contributed by atoms with E-state index in [9.17, 15) is 14.4 Å². The Kier molecular flexibility index (Phi) is 7.02. The van der Waals surface area contributed by atoms with Crippen molar-refractivity contribution in [3.8, 4) is 0 Å². The Hall–Kier alpha value is -2.97. The Morgan fingerprint density at radius 1 is 1.23 bits per heavy atom. The van der Waals surface area contributed by atoms with Crippen molar-refractivity contribution in [2.75, 3.05) is 13.7 Å². The first-order valence-corrected chi connectivity index (χ1v) is 9.79. The summed E-state index contributed by atoms with van der Waals surface area (Å²) in [6.07, 6.45) is 1.71. The number of unbranched alkanes of at least 4 members (excludes halogenated alkanes) is 1. The van der Waals surface area contributed by atoms with Gasteiger partial charge in [-0.05, 0) is 43.6 Å². The molecule has 0 saturated carbocycles. The Morgan fingerprint density at radius 3 is 2.63 bits per heavy atom. The van der Waals surface area contributed by atoms with Gasteiger partial charge in [0.05, 0.1) is 6.04 Å². The van der Waals surface area contributed by atoms with Crippen molar-refractivity contribution in [1.82, 2.24) is 4.90 Å². The van der Waals surface area contributed by atoms with Gasteiger partial charge in [0.2, 0.25) is 0 Å². The van der Waals surface area contributed by atoms with Gasteiger partial charge in [0.1, 0.15) is 11.9 Å². The number of carbonyl (C=O) groups is 3. The minimum absolute atomic E-state index is 0.0343. The summed E-state index contributed by atoms with van der Waals surface area (Å²) in [6.45, 7) is 1.74. The van der Waals surface area contributed by atoms with E-state index in [1.807, 2.05) is 30.3 Å². The number of hydrogen-bond donors (Lipinski definition) is 1. The van der Waals surface area contributed by atoms with Crippen LogP contribution in [0.4, 0.5) is 4.79 Å². The highest BCUT2D eigenvalue weighted by Crippen LogP contribution is 2.33. The van der Waals surface area contributed by atoms with E-state index in [1.54, 1.807) is 13.0 Å². The zero-order valence-corrected chi connectivity index (χ0v) is 16.9. The van der Waals surface area contributed by atoms with E-state index in [4.69, 9.17) is 19.3 Å². The summed E-state index contributed by atoms with van der Waals surface area (Å²) in [7, 11) is 1.29. The van der Waals surface area contributed by atoms with E-state index >= 15 is 0 Å². The fraction of sp³-hybridized carbons (Fsp3) is 0.409. The normalized spacial score (nSPS) is 25.9. The molecule has 0 unspecified atom stereocenters. The molecule has 0 radical (unpaired) electrons. The number of allylic oxidation sites excluding steroid dienone is 2. The minimum atomic E-state index is -1.31. The molecule has 1 N–H and O–H groups in total. The zero-order chi connectivity index (χ0) is 21.7. The fourth-order valence-corrected chi connectivity index (χ4v) is 3.50. The van der Waals surface area contributed by atoms with Crippen molar-refractivity contribution >= 4 is 17.8 Å². The topological polar surface area (TPSA) is 102 Å². The first-order chi connectivity index (χ1) is 14.5. The van der Waals surface area contributed by atoms with Gasteiger partial charge in [0.25, 0.3) is 5.91 Å². The number of methoxy groups -OCH3 is 1. The predicted molar refractivity (Wildman–Crippen MR) is 106 cm³/mol. The second-order valence-electron chi connectivity index (χ2n) is 7.07. The van der Waals surface area contributed by atoms with Crippen LogP contribution < -0.4 is 0 Å². The molecule has 4 atom stereocenters. The van der Waals surface area contributed by atoms with E-state index in [0.717, 1.165) is 10.5 Å². The van der Waals surface area contributed by atoms with E-state index in [0.29, 0.717) is 18.6 Å². The lowest BCUT2D eigenvalue weighted by atomic mass is 10.0. The van der Waals surface area contributed by atoms with Gasteiger partial charge in [-0.2, -0.15) is 0 Å². The average molecular weight is 415 g/mol. The molecule has 1 aromatic carbocycles. The molecular formula is C22H25NO7. The van der Waals surface area contributed by atoms with E-state index < -0.39 is 42.1 Å². The predicted octanol–water partition coefficient (Wildman–Crippen LogP) is 2.29. The summed E-state index contributed by atoms with van der Waals surface area (Å²) in [5, 5.41) is 8.91. The lowest BCUT2D eigenvalue weighted by Crippen LogP contribution is -2.52. The highest BCUT2D eigenvalue weighted by Gasteiger charge is 2.48. The van der Waals surface area contributed by atoms with Crippen LogP contribution in [0.5, 0.6) is 0 Å². The average Bonchev–Trinajstić information content (AvgIpc) is 3.05. The summed E-state index contributed by atoms with van der Waals surface area (Å²) in [6, 6.07) is 8.54. The van der Waals surface area contributed by atoms with Crippen molar-refractivity contribution < 1.29 is 33.7 Å². The number of aliphatic hydroxyl groups excluding tert-OH is 1. The van der Waals surface area contributed by atoms with Crippen LogP contribution in [0.3, 0.4) is 0 Å². The SMILES string of the molecule is CO[C@@H](C(=O)N1C(=O)O[C@@H](c2ccccc2)[C@H]1C)[C@H]1OC(=CCCCO)C=CC1=O. The van der Waals surface area contributed by atoms with Gasteiger partial charge in [-0.25, -0.2) is 9.69 Å². The quantitative estimate of drug-likeness (QED) is 0.682. The van der Waals surface area contributed by atoms with Gasteiger partial charge < -0.3 is 19.3 Å². The fourth-order valence-electron chi connectivity index (χ4n) is 3.50. The van der Waals surface area contributed by atoms with Crippen LogP contribution in [0.1, 0.15) is 31.4 Å². The van der Waals surface area contributed by atoms with Crippen molar-refractivity contribution in [3.63, 3.8) is 0 Å². The number of cyclic esters (lactones) is 1. The van der Waals surface area contributed by atoms with Crippen LogP contribution in [0.2, 0.25) is 0 Å². The molecule has 30 heavy (non-hydrogen) atoms. The smallest absolute Gasteiger partial charge is 0.417 e. The number of ether oxygens (including phenoxy) is 3. The summed E-state index contributed by atoms with van der Waals surface area (Å²) >= 11 is 0. The third-order valence-electron chi connectivity index (χ3n) is 5.07. The highest BCUT2D eigenvalue weighted by atomic mass is 16.6. The third-order valence-corrected chi connectivity index (χ3v) is 5.07. The number of ketones is 1. The number of hydrogen-bond acceptors (Lipinski definition) is 7. The summed E-state index contributed by atoms with van der Waals surface area (Å²) < 4.78 is 16.4. The van der Waals surface area contributed by atoms with Gasteiger partial charge >= 0.3 is 6.09 Å². The number of carbonyl (C=O) groups excluding carboxylic acids is 3. The van der Waals surface area contributed by atoms with E-state index in [2.05, 4.69) is 0 Å². The third kappa shape index (κ3) is 4.44. The molecule has 2 aliphatic heterocycles. The maximum Gasteiger partial charge on any atom is 0.417 e. The number of benzene rings is 1. The molecule has 2 amide bonds. The summed E-state index contributed by atoms with van der Waals surface area (Å²) in [5.74, 6) is -0.728. The first kappa shape index (κ1) is 21.7. The molecular weight excluding hydrogens is 390 g/mol.